The predicted molar refractivity (Wildman–Crippen MR) is 82.8 cm³/mol. The Morgan fingerprint density at radius 3 is 2.62 bits per heavy atom. The molecule has 1 atom stereocenters. The average Bonchev–Trinajstić information content (AvgIpc) is 2.48. The summed E-state index contributed by atoms with van der Waals surface area (Å²) in [5.41, 5.74) is 1.05. The van der Waals surface area contributed by atoms with E-state index >= 15 is 0 Å². The van der Waals surface area contributed by atoms with Crippen molar-refractivity contribution in [3.63, 3.8) is 0 Å². The van der Waals surface area contributed by atoms with Crippen LogP contribution in [0.1, 0.15) is 34.5 Å². The summed E-state index contributed by atoms with van der Waals surface area (Å²) in [6, 6.07) is 11.6. The molecule has 0 aliphatic carbocycles. The van der Waals surface area contributed by atoms with Crippen molar-refractivity contribution in [2.75, 3.05) is 6.61 Å². The van der Waals surface area contributed by atoms with Gasteiger partial charge in [0.25, 0.3) is 0 Å². The number of carboxylic acid groups (broad SMARTS) is 1. The smallest absolute Gasteiger partial charge is 0.336 e. The van der Waals surface area contributed by atoms with E-state index in [1.807, 2.05) is 6.92 Å². The molecule has 0 heterocycles. The number of aliphatic hydroxyl groups excluding tert-OH is 1. The predicted octanol–water partition coefficient (Wildman–Crippen LogP) is 3.63. The number of carbonyl (C=O) groups is 1. The summed E-state index contributed by atoms with van der Waals surface area (Å²) in [5, 5.41) is 19.6. The fourth-order valence-corrected chi connectivity index (χ4v) is 2.58. The monoisotopic (exact) mass is 350 g/mol. The topological polar surface area (TPSA) is 66.8 Å². The highest BCUT2D eigenvalue weighted by Crippen LogP contribution is 2.31. The van der Waals surface area contributed by atoms with Gasteiger partial charge in [0, 0.05) is 0 Å². The third kappa shape index (κ3) is 3.43. The Hall–Kier alpha value is -1.85. The van der Waals surface area contributed by atoms with E-state index in [0.717, 1.165) is 0 Å². The van der Waals surface area contributed by atoms with Crippen molar-refractivity contribution < 1.29 is 19.7 Å². The van der Waals surface area contributed by atoms with Crippen LogP contribution >= 0.6 is 15.9 Å². The molecule has 4 nitrogen and oxygen atoms in total. The fraction of sp³-hybridized carbons (Fsp3) is 0.188. The van der Waals surface area contributed by atoms with Crippen molar-refractivity contribution in [1.82, 2.24) is 0 Å². The molecule has 0 amide bonds. The van der Waals surface area contributed by atoms with Crippen LogP contribution in [0.2, 0.25) is 0 Å². The zero-order chi connectivity index (χ0) is 15.4. The maximum absolute atomic E-state index is 11.2. The van der Waals surface area contributed by atoms with Gasteiger partial charge < -0.3 is 14.9 Å². The van der Waals surface area contributed by atoms with Gasteiger partial charge in [-0.25, -0.2) is 4.79 Å². The number of carboxylic acids is 1. The molecule has 0 bridgehead atoms. The molecular formula is C16H15BrO4. The van der Waals surface area contributed by atoms with Crippen molar-refractivity contribution in [3.05, 3.63) is 63.6 Å². The number of benzene rings is 2. The molecule has 0 fully saturated rings. The molecule has 0 aliphatic rings. The Kier molecular flexibility index (Phi) is 4.98. The molecule has 0 saturated heterocycles. The molecule has 0 saturated carbocycles. The zero-order valence-electron chi connectivity index (χ0n) is 11.4. The number of halogens is 1. The largest absolute Gasteiger partial charge is 0.493 e. The third-order valence-electron chi connectivity index (χ3n) is 3.06. The van der Waals surface area contributed by atoms with Crippen LogP contribution in [0.3, 0.4) is 0 Å². The minimum Gasteiger partial charge on any atom is -0.493 e. The van der Waals surface area contributed by atoms with Gasteiger partial charge in [-0.05, 0) is 52.2 Å². The van der Waals surface area contributed by atoms with E-state index in [0.29, 0.717) is 28.0 Å². The SMILES string of the molecule is CCOc1ccc(C(O)c2ccccc2C(=O)O)cc1Br. The van der Waals surface area contributed by atoms with E-state index in [1.165, 1.54) is 6.07 Å². The van der Waals surface area contributed by atoms with Gasteiger partial charge >= 0.3 is 5.97 Å². The van der Waals surface area contributed by atoms with Crippen molar-refractivity contribution in [2.45, 2.75) is 13.0 Å². The molecule has 1 unspecified atom stereocenters. The van der Waals surface area contributed by atoms with Gasteiger partial charge in [0.1, 0.15) is 11.9 Å². The molecule has 5 heteroatoms. The number of rotatable bonds is 5. The van der Waals surface area contributed by atoms with Gasteiger partial charge in [-0.2, -0.15) is 0 Å². The maximum atomic E-state index is 11.2. The quantitative estimate of drug-likeness (QED) is 0.863. The summed E-state index contributed by atoms with van der Waals surface area (Å²) >= 11 is 3.38. The van der Waals surface area contributed by atoms with E-state index in [2.05, 4.69) is 15.9 Å². The molecule has 110 valence electrons. The highest BCUT2D eigenvalue weighted by atomic mass is 79.9. The number of aliphatic hydroxyl groups is 1. The minimum absolute atomic E-state index is 0.0926. The first-order valence-corrected chi connectivity index (χ1v) is 7.26. The Balaban J connectivity index is 2.38. The lowest BCUT2D eigenvalue weighted by Crippen LogP contribution is -2.08. The Labute approximate surface area is 131 Å². The summed E-state index contributed by atoms with van der Waals surface area (Å²) in [6.07, 6.45) is -1.01. The van der Waals surface area contributed by atoms with Crippen LogP contribution in [0.25, 0.3) is 0 Å². The Morgan fingerprint density at radius 1 is 1.29 bits per heavy atom. The zero-order valence-corrected chi connectivity index (χ0v) is 13.0. The number of hydrogen-bond acceptors (Lipinski definition) is 3. The highest BCUT2D eigenvalue weighted by Gasteiger charge is 2.18. The van der Waals surface area contributed by atoms with Crippen LogP contribution in [0.15, 0.2) is 46.9 Å². The molecule has 0 aromatic heterocycles. The Morgan fingerprint density at radius 2 is 2.00 bits per heavy atom. The van der Waals surface area contributed by atoms with Crippen LogP contribution in [0, 0.1) is 0 Å². The molecular weight excluding hydrogens is 336 g/mol. The van der Waals surface area contributed by atoms with Crippen molar-refractivity contribution in [1.29, 1.82) is 0 Å². The van der Waals surface area contributed by atoms with Crippen molar-refractivity contribution in [3.8, 4) is 5.75 Å². The van der Waals surface area contributed by atoms with Gasteiger partial charge in [0.15, 0.2) is 0 Å². The average molecular weight is 351 g/mol. The first-order chi connectivity index (χ1) is 10.0. The molecule has 2 N–H and O–H groups in total. The van der Waals surface area contributed by atoms with Crippen LogP contribution in [0.4, 0.5) is 0 Å². The summed E-state index contributed by atoms with van der Waals surface area (Å²) < 4.78 is 6.13. The van der Waals surface area contributed by atoms with E-state index < -0.39 is 12.1 Å². The second-order valence-corrected chi connectivity index (χ2v) is 5.27. The Bertz CT molecular complexity index is 654. The van der Waals surface area contributed by atoms with Crippen LogP contribution in [-0.2, 0) is 0 Å². The lowest BCUT2D eigenvalue weighted by atomic mass is 9.97. The molecule has 0 aliphatic heterocycles. The van der Waals surface area contributed by atoms with Crippen LogP contribution in [-0.4, -0.2) is 22.8 Å². The summed E-state index contributed by atoms with van der Waals surface area (Å²) in [4.78, 5) is 11.2. The maximum Gasteiger partial charge on any atom is 0.336 e. The number of hydrogen-bond donors (Lipinski definition) is 2. The molecule has 21 heavy (non-hydrogen) atoms. The van der Waals surface area contributed by atoms with Gasteiger partial charge in [-0.1, -0.05) is 24.3 Å². The lowest BCUT2D eigenvalue weighted by Gasteiger charge is -2.15. The first-order valence-electron chi connectivity index (χ1n) is 6.47. The molecule has 2 rings (SSSR count). The van der Waals surface area contributed by atoms with Crippen molar-refractivity contribution in [2.24, 2.45) is 0 Å². The molecule has 2 aromatic carbocycles. The fourth-order valence-electron chi connectivity index (χ4n) is 2.07. The van der Waals surface area contributed by atoms with E-state index in [1.54, 1.807) is 36.4 Å². The van der Waals surface area contributed by atoms with Gasteiger partial charge in [-0.15, -0.1) is 0 Å². The molecule has 0 spiro atoms. The summed E-state index contributed by atoms with van der Waals surface area (Å²) in [6.45, 7) is 2.43. The number of aromatic carboxylic acids is 1. The second-order valence-electron chi connectivity index (χ2n) is 4.42. The number of ether oxygens (including phenoxy) is 1. The molecule has 0 radical (unpaired) electrons. The van der Waals surface area contributed by atoms with Crippen LogP contribution < -0.4 is 4.74 Å². The van der Waals surface area contributed by atoms with Gasteiger partial charge in [0.2, 0.25) is 0 Å². The molecule has 2 aromatic rings. The lowest BCUT2D eigenvalue weighted by molar-refractivity contribution is 0.0691. The van der Waals surface area contributed by atoms with E-state index in [4.69, 9.17) is 4.74 Å². The summed E-state index contributed by atoms with van der Waals surface area (Å²) in [7, 11) is 0. The summed E-state index contributed by atoms with van der Waals surface area (Å²) in [5.74, 6) is -0.380. The standard InChI is InChI=1S/C16H15BrO4/c1-2-21-14-8-7-10(9-13(14)17)15(18)11-5-3-4-6-12(11)16(19)20/h3-9,15,18H,2H2,1H3,(H,19,20). The first kappa shape index (κ1) is 15.5. The van der Waals surface area contributed by atoms with Crippen LogP contribution in [0.5, 0.6) is 5.75 Å². The van der Waals surface area contributed by atoms with Gasteiger partial charge in [0.05, 0.1) is 16.6 Å². The van der Waals surface area contributed by atoms with E-state index in [9.17, 15) is 15.0 Å². The van der Waals surface area contributed by atoms with Gasteiger partial charge in [-0.3, -0.25) is 0 Å². The minimum atomic E-state index is -1.06. The third-order valence-corrected chi connectivity index (χ3v) is 3.68. The van der Waals surface area contributed by atoms with Crippen molar-refractivity contribution >= 4 is 21.9 Å². The highest BCUT2D eigenvalue weighted by molar-refractivity contribution is 9.10. The second kappa shape index (κ2) is 6.74. The normalized spacial score (nSPS) is 12.0. The van der Waals surface area contributed by atoms with E-state index in [-0.39, 0.29) is 5.56 Å².